The van der Waals surface area contributed by atoms with Crippen LogP contribution in [0.5, 0.6) is 0 Å². The second kappa shape index (κ2) is 6.42. The minimum Gasteiger partial charge on any atom is -0.477 e. The van der Waals surface area contributed by atoms with Crippen LogP contribution in [0.25, 0.3) is 0 Å². The van der Waals surface area contributed by atoms with E-state index in [0.29, 0.717) is 18.3 Å². The van der Waals surface area contributed by atoms with E-state index in [1.54, 1.807) is 13.0 Å². The molecule has 0 unspecified atom stereocenters. The normalized spacial score (nSPS) is 14.1. The highest BCUT2D eigenvalue weighted by Crippen LogP contribution is 2.18. The van der Waals surface area contributed by atoms with Crippen molar-refractivity contribution in [1.82, 2.24) is 15.6 Å². The Morgan fingerprint density at radius 1 is 1.40 bits per heavy atom. The summed E-state index contributed by atoms with van der Waals surface area (Å²) in [7, 11) is 0. The molecule has 0 atom stereocenters. The standard InChI is InChI=1S/C13H20N4O3/c1-8-7-10(11(16-8)12(18)19)17-13(20)15-6-2-5-14-9-3-4-9/h7,9,14,16H,2-6H2,1H3,(H,18,19)(H2,15,17,20). The van der Waals surface area contributed by atoms with Gasteiger partial charge in [0.15, 0.2) is 0 Å². The third-order valence-corrected chi connectivity index (χ3v) is 3.06. The first kappa shape index (κ1) is 14.4. The number of carboxylic acids is 1. The minimum atomic E-state index is -1.10. The van der Waals surface area contributed by atoms with Gasteiger partial charge in [0.1, 0.15) is 5.69 Å². The lowest BCUT2D eigenvalue weighted by Gasteiger charge is -2.07. The summed E-state index contributed by atoms with van der Waals surface area (Å²) in [6.45, 7) is 3.17. The van der Waals surface area contributed by atoms with Crippen LogP contribution in [0.2, 0.25) is 0 Å². The summed E-state index contributed by atoms with van der Waals surface area (Å²) in [5.41, 5.74) is 0.961. The molecule has 0 aliphatic heterocycles. The summed E-state index contributed by atoms with van der Waals surface area (Å²) in [5, 5.41) is 17.6. The Kier molecular flexibility index (Phi) is 4.62. The van der Waals surface area contributed by atoms with Crippen molar-refractivity contribution in [2.45, 2.75) is 32.2 Å². The van der Waals surface area contributed by atoms with Crippen molar-refractivity contribution < 1.29 is 14.7 Å². The largest absolute Gasteiger partial charge is 0.477 e. The van der Waals surface area contributed by atoms with Crippen LogP contribution in [0.3, 0.4) is 0 Å². The molecule has 0 bridgehead atoms. The van der Waals surface area contributed by atoms with Crippen molar-refractivity contribution in [3.8, 4) is 0 Å². The number of anilines is 1. The lowest BCUT2D eigenvalue weighted by Crippen LogP contribution is -2.31. The average molecular weight is 280 g/mol. The Hall–Kier alpha value is -2.02. The van der Waals surface area contributed by atoms with Crippen molar-refractivity contribution in [1.29, 1.82) is 0 Å². The Balaban J connectivity index is 1.71. The molecule has 110 valence electrons. The zero-order valence-corrected chi connectivity index (χ0v) is 11.5. The summed E-state index contributed by atoms with van der Waals surface area (Å²) >= 11 is 0. The topological polar surface area (TPSA) is 106 Å². The number of aromatic carboxylic acids is 1. The molecule has 1 heterocycles. The van der Waals surface area contributed by atoms with Gasteiger partial charge in [0, 0.05) is 18.3 Å². The van der Waals surface area contributed by atoms with Crippen LogP contribution in [0.4, 0.5) is 10.5 Å². The van der Waals surface area contributed by atoms with E-state index >= 15 is 0 Å². The molecule has 2 amide bonds. The fraction of sp³-hybridized carbons (Fsp3) is 0.538. The number of hydrogen-bond donors (Lipinski definition) is 5. The first-order valence-corrected chi connectivity index (χ1v) is 6.77. The van der Waals surface area contributed by atoms with Gasteiger partial charge >= 0.3 is 12.0 Å². The van der Waals surface area contributed by atoms with Crippen LogP contribution in [0, 0.1) is 6.92 Å². The second-order valence-electron chi connectivity index (χ2n) is 5.01. The number of aryl methyl sites for hydroxylation is 1. The van der Waals surface area contributed by atoms with Gasteiger partial charge in [0.2, 0.25) is 0 Å². The first-order valence-electron chi connectivity index (χ1n) is 6.77. The maximum atomic E-state index is 11.7. The van der Waals surface area contributed by atoms with Gasteiger partial charge in [0.05, 0.1) is 5.69 Å². The molecule has 1 aliphatic rings. The van der Waals surface area contributed by atoms with Gasteiger partial charge in [-0.25, -0.2) is 9.59 Å². The van der Waals surface area contributed by atoms with E-state index in [2.05, 4.69) is 20.9 Å². The predicted molar refractivity (Wildman–Crippen MR) is 75.2 cm³/mol. The summed E-state index contributed by atoms with van der Waals surface area (Å²) in [4.78, 5) is 25.3. The zero-order valence-electron chi connectivity index (χ0n) is 11.5. The number of carboxylic acid groups (broad SMARTS) is 1. The quantitative estimate of drug-likeness (QED) is 0.485. The lowest BCUT2D eigenvalue weighted by molar-refractivity contribution is 0.0692. The summed E-state index contributed by atoms with van der Waals surface area (Å²) in [6, 6.07) is 1.88. The van der Waals surface area contributed by atoms with E-state index in [4.69, 9.17) is 5.11 Å². The molecule has 1 aromatic rings. The fourth-order valence-electron chi connectivity index (χ4n) is 1.91. The highest BCUT2D eigenvalue weighted by atomic mass is 16.4. The number of aromatic nitrogens is 1. The van der Waals surface area contributed by atoms with E-state index in [0.717, 1.165) is 13.0 Å². The second-order valence-corrected chi connectivity index (χ2v) is 5.01. The molecule has 7 nitrogen and oxygen atoms in total. The van der Waals surface area contributed by atoms with Crippen molar-refractivity contribution in [3.05, 3.63) is 17.5 Å². The van der Waals surface area contributed by atoms with Gasteiger partial charge in [-0.3, -0.25) is 0 Å². The third kappa shape index (κ3) is 4.27. The molecule has 2 rings (SSSR count). The van der Waals surface area contributed by atoms with E-state index in [9.17, 15) is 9.59 Å². The van der Waals surface area contributed by atoms with Crippen LogP contribution >= 0.6 is 0 Å². The monoisotopic (exact) mass is 280 g/mol. The summed E-state index contributed by atoms with van der Waals surface area (Å²) in [5.74, 6) is -1.10. The van der Waals surface area contributed by atoms with Gasteiger partial charge in [-0.2, -0.15) is 0 Å². The van der Waals surface area contributed by atoms with Crippen LogP contribution in [-0.4, -0.2) is 41.2 Å². The van der Waals surface area contributed by atoms with Gasteiger partial charge in [0.25, 0.3) is 0 Å². The van der Waals surface area contributed by atoms with Gasteiger partial charge in [-0.15, -0.1) is 0 Å². The maximum Gasteiger partial charge on any atom is 0.354 e. The number of nitrogens with one attached hydrogen (secondary N) is 4. The number of amides is 2. The van der Waals surface area contributed by atoms with Crippen LogP contribution in [-0.2, 0) is 0 Å². The Labute approximate surface area is 117 Å². The summed E-state index contributed by atoms with van der Waals surface area (Å²) < 4.78 is 0. The van der Waals surface area contributed by atoms with Crippen LogP contribution < -0.4 is 16.0 Å². The molecule has 1 aromatic heterocycles. The molecular weight excluding hydrogens is 260 g/mol. The molecule has 0 saturated heterocycles. The highest BCUT2D eigenvalue weighted by Gasteiger charge is 2.19. The zero-order chi connectivity index (χ0) is 14.5. The molecule has 0 aromatic carbocycles. The predicted octanol–water partition coefficient (Wildman–Crippen LogP) is 1.28. The average Bonchev–Trinajstić information content (AvgIpc) is 3.12. The first-order chi connectivity index (χ1) is 9.56. The molecule has 5 N–H and O–H groups in total. The Morgan fingerprint density at radius 2 is 2.15 bits per heavy atom. The number of rotatable bonds is 7. The van der Waals surface area contributed by atoms with Crippen molar-refractivity contribution in [2.75, 3.05) is 18.4 Å². The van der Waals surface area contributed by atoms with Crippen molar-refractivity contribution in [3.63, 3.8) is 0 Å². The molecule has 0 spiro atoms. The maximum absolute atomic E-state index is 11.7. The number of H-pyrrole nitrogens is 1. The van der Waals surface area contributed by atoms with Crippen molar-refractivity contribution in [2.24, 2.45) is 0 Å². The third-order valence-electron chi connectivity index (χ3n) is 3.06. The molecule has 0 radical (unpaired) electrons. The molecular formula is C13H20N4O3. The van der Waals surface area contributed by atoms with E-state index in [1.807, 2.05) is 0 Å². The smallest absolute Gasteiger partial charge is 0.354 e. The van der Waals surface area contributed by atoms with Crippen molar-refractivity contribution >= 4 is 17.7 Å². The number of urea groups is 1. The summed E-state index contributed by atoms with van der Waals surface area (Å²) in [6.07, 6.45) is 3.35. The molecule has 1 fully saturated rings. The van der Waals surface area contributed by atoms with Crippen LogP contribution in [0.1, 0.15) is 35.4 Å². The fourth-order valence-corrected chi connectivity index (χ4v) is 1.91. The number of aromatic amines is 1. The van der Waals surface area contributed by atoms with Gasteiger partial charge in [-0.1, -0.05) is 0 Å². The van der Waals surface area contributed by atoms with E-state index in [-0.39, 0.29) is 11.4 Å². The molecule has 1 saturated carbocycles. The highest BCUT2D eigenvalue weighted by molar-refractivity contribution is 5.99. The van der Waals surface area contributed by atoms with Gasteiger partial charge < -0.3 is 26.0 Å². The Bertz CT molecular complexity index is 494. The van der Waals surface area contributed by atoms with E-state index < -0.39 is 12.0 Å². The minimum absolute atomic E-state index is 0.00644. The molecule has 7 heteroatoms. The number of hydrogen-bond acceptors (Lipinski definition) is 3. The van der Waals surface area contributed by atoms with Gasteiger partial charge in [-0.05, 0) is 38.8 Å². The Morgan fingerprint density at radius 3 is 2.80 bits per heavy atom. The molecule has 1 aliphatic carbocycles. The lowest BCUT2D eigenvalue weighted by atomic mass is 10.3. The SMILES string of the molecule is Cc1cc(NC(=O)NCCCNC2CC2)c(C(=O)O)[nH]1. The number of carbonyl (C=O) groups excluding carboxylic acids is 1. The molecule has 20 heavy (non-hydrogen) atoms. The van der Waals surface area contributed by atoms with Crippen LogP contribution in [0.15, 0.2) is 6.07 Å². The van der Waals surface area contributed by atoms with E-state index in [1.165, 1.54) is 12.8 Å². The number of carbonyl (C=O) groups is 2.